The molecule has 0 bridgehead atoms. The maximum Gasteiger partial charge on any atom is 0.414 e. The Balaban J connectivity index is 3.08. The Labute approximate surface area is 90.4 Å². The van der Waals surface area contributed by atoms with Crippen molar-refractivity contribution in [3.05, 3.63) is 36.5 Å². The Bertz CT molecular complexity index is 386. The molecule has 0 heterocycles. The molecule has 0 atom stereocenters. The van der Waals surface area contributed by atoms with E-state index in [1.807, 2.05) is 0 Å². The molecule has 0 N–H and O–H groups in total. The Morgan fingerprint density at radius 3 is 2.31 bits per heavy atom. The van der Waals surface area contributed by atoms with Crippen molar-refractivity contribution in [2.75, 3.05) is 18.6 Å². The molecule has 0 fully saturated rings. The van der Waals surface area contributed by atoms with Crippen LogP contribution in [-0.2, 0) is 4.74 Å². The molecule has 3 nitrogen and oxygen atoms in total. The van der Waals surface area contributed by atoms with Crippen molar-refractivity contribution in [2.45, 2.75) is 0 Å². The highest BCUT2D eigenvalue weighted by molar-refractivity contribution is 5.87. The van der Waals surface area contributed by atoms with E-state index in [0.29, 0.717) is 17.0 Å². The molecule has 1 rings (SSSR count). The second kappa shape index (κ2) is 4.87. The standard InChI is InChI=1S/C10H9F3NO2/c1-3-16-10(15)14(2)9-7(12)4-6(11)5-8(9)13/h4-5H,1,3H2,2H3. The zero-order chi connectivity index (χ0) is 12.3. The lowest BCUT2D eigenvalue weighted by atomic mass is 10.2. The van der Waals surface area contributed by atoms with Crippen LogP contribution in [0.25, 0.3) is 0 Å². The number of hydrogen-bond donors (Lipinski definition) is 0. The summed E-state index contributed by atoms with van der Waals surface area (Å²) in [4.78, 5) is 11.8. The number of halogens is 3. The van der Waals surface area contributed by atoms with Crippen molar-refractivity contribution in [3.63, 3.8) is 0 Å². The summed E-state index contributed by atoms with van der Waals surface area (Å²) in [7, 11) is 1.11. The molecule has 1 amide bonds. The van der Waals surface area contributed by atoms with Crippen LogP contribution in [0.5, 0.6) is 0 Å². The average molecular weight is 232 g/mol. The van der Waals surface area contributed by atoms with E-state index in [1.54, 1.807) is 0 Å². The molecule has 1 radical (unpaired) electrons. The molecule has 1 aromatic rings. The number of nitrogens with zero attached hydrogens (tertiary/aromatic N) is 1. The highest BCUT2D eigenvalue weighted by Crippen LogP contribution is 2.23. The van der Waals surface area contributed by atoms with Crippen LogP contribution in [0.1, 0.15) is 0 Å². The molecule has 0 aliphatic heterocycles. The van der Waals surface area contributed by atoms with Gasteiger partial charge in [-0.3, -0.25) is 4.90 Å². The zero-order valence-corrected chi connectivity index (χ0v) is 8.47. The molecule has 0 saturated carbocycles. The van der Waals surface area contributed by atoms with Gasteiger partial charge in [-0.2, -0.15) is 0 Å². The molecule has 0 saturated heterocycles. The predicted octanol–water partition coefficient (Wildman–Crippen LogP) is 2.51. The third-order valence-corrected chi connectivity index (χ3v) is 1.82. The van der Waals surface area contributed by atoms with E-state index in [-0.39, 0.29) is 6.61 Å². The quantitative estimate of drug-likeness (QED) is 0.784. The van der Waals surface area contributed by atoms with Crippen LogP contribution in [0.15, 0.2) is 12.1 Å². The van der Waals surface area contributed by atoms with Crippen molar-refractivity contribution >= 4 is 11.8 Å². The van der Waals surface area contributed by atoms with Gasteiger partial charge >= 0.3 is 6.09 Å². The predicted molar refractivity (Wildman–Crippen MR) is 51.4 cm³/mol. The summed E-state index contributed by atoms with van der Waals surface area (Å²) in [5.74, 6) is -3.42. The number of rotatable bonds is 2. The van der Waals surface area contributed by atoms with Gasteiger partial charge in [0, 0.05) is 19.2 Å². The van der Waals surface area contributed by atoms with Crippen LogP contribution < -0.4 is 4.90 Å². The number of carbonyl (C=O) groups excluding carboxylic acids is 1. The number of benzene rings is 1. The number of anilines is 1. The summed E-state index contributed by atoms with van der Waals surface area (Å²) in [6.45, 7) is 3.07. The number of amides is 1. The van der Waals surface area contributed by atoms with Crippen molar-refractivity contribution in [1.29, 1.82) is 0 Å². The van der Waals surface area contributed by atoms with Crippen LogP contribution in [0, 0.1) is 24.4 Å². The van der Waals surface area contributed by atoms with E-state index < -0.39 is 29.2 Å². The van der Waals surface area contributed by atoms with E-state index in [0.717, 1.165) is 7.05 Å². The van der Waals surface area contributed by atoms with E-state index in [4.69, 9.17) is 0 Å². The third kappa shape index (κ3) is 2.44. The van der Waals surface area contributed by atoms with Gasteiger partial charge in [0.05, 0.1) is 6.61 Å². The monoisotopic (exact) mass is 232 g/mol. The van der Waals surface area contributed by atoms with Gasteiger partial charge < -0.3 is 4.74 Å². The zero-order valence-electron chi connectivity index (χ0n) is 8.47. The van der Waals surface area contributed by atoms with Gasteiger partial charge in [-0.25, -0.2) is 18.0 Å². The Morgan fingerprint density at radius 1 is 1.38 bits per heavy atom. The van der Waals surface area contributed by atoms with Gasteiger partial charge in [-0.1, -0.05) is 0 Å². The van der Waals surface area contributed by atoms with Gasteiger partial charge in [-0.15, -0.1) is 0 Å². The fraction of sp³-hybridized carbons (Fsp3) is 0.200. The number of ether oxygens (including phenoxy) is 1. The van der Waals surface area contributed by atoms with E-state index >= 15 is 0 Å². The Morgan fingerprint density at radius 2 is 1.88 bits per heavy atom. The molecule has 0 unspecified atom stereocenters. The van der Waals surface area contributed by atoms with E-state index in [9.17, 15) is 18.0 Å². The summed E-state index contributed by atoms with van der Waals surface area (Å²) >= 11 is 0. The van der Waals surface area contributed by atoms with Gasteiger partial charge in [0.25, 0.3) is 0 Å². The minimum Gasteiger partial charge on any atom is -0.449 e. The smallest absolute Gasteiger partial charge is 0.414 e. The minimum absolute atomic E-state index is 0.173. The summed E-state index contributed by atoms with van der Waals surface area (Å²) in [5.41, 5.74) is -0.667. The first-order valence-electron chi connectivity index (χ1n) is 4.31. The molecule has 0 aliphatic rings. The maximum atomic E-state index is 13.2. The molecule has 0 aromatic heterocycles. The molecular weight excluding hydrogens is 223 g/mol. The van der Waals surface area contributed by atoms with Crippen molar-refractivity contribution in [3.8, 4) is 0 Å². The molecule has 0 aliphatic carbocycles. The lowest BCUT2D eigenvalue weighted by molar-refractivity contribution is 0.166. The molecule has 16 heavy (non-hydrogen) atoms. The van der Waals surface area contributed by atoms with Gasteiger partial charge in [0.2, 0.25) is 0 Å². The maximum absolute atomic E-state index is 13.2. The fourth-order valence-corrected chi connectivity index (χ4v) is 1.13. The molecule has 6 heteroatoms. The third-order valence-electron chi connectivity index (χ3n) is 1.82. The number of carbonyl (C=O) groups is 1. The Kier molecular flexibility index (Phi) is 3.76. The van der Waals surface area contributed by atoms with E-state index in [2.05, 4.69) is 11.7 Å². The first-order chi connectivity index (χ1) is 7.47. The van der Waals surface area contributed by atoms with Crippen LogP contribution in [0.4, 0.5) is 23.7 Å². The first kappa shape index (κ1) is 12.4. The average Bonchev–Trinajstić information content (AvgIpc) is 2.16. The largest absolute Gasteiger partial charge is 0.449 e. The van der Waals surface area contributed by atoms with Crippen LogP contribution in [-0.4, -0.2) is 19.7 Å². The molecular formula is C10H9F3NO2. The van der Waals surface area contributed by atoms with Crippen LogP contribution in [0.3, 0.4) is 0 Å². The minimum atomic E-state index is -1.18. The summed E-state index contributed by atoms with van der Waals surface area (Å²) in [6, 6.07) is 0.957. The second-order valence-corrected chi connectivity index (χ2v) is 2.89. The SMILES string of the molecule is [CH2]COC(=O)N(C)c1c(F)cc(F)cc1F. The van der Waals surface area contributed by atoms with Crippen molar-refractivity contribution in [2.24, 2.45) is 0 Å². The Hall–Kier alpha value is -1.72. The summed E-state index contributed by atoms with van der Waals surface area (Å²) in [6.07, 6.45) is -0.973. The summed E-state index contributed by atoms with van der Waals surface area (Å²) < 4.78 is 43.5. The highest BCUT2D eigenvalue weighted by Gasteiger charge is 2.21. The lowest BCUT2D eigenvalue weighted by Crippen LogP contribution is -2.28. The normalized spacial score (nSPS) is 10.1. The summed E-state index contributed by atoms with van der Waals surface area (Å²) in [5, 5.41) is 0. The van der Waals surface area contributed by atoms with Gasteiger partial charge in [0.1, 0.15) is 11.5 Å². The fourth-order valence-electron chi connectivity index (χ4n) is 1.13. The lowest BCUT2D eigenvalue weighted by Gasteiger charge is -2.17. The van der Waals surface area contributed by atoms with Crippen LogP contribution in [0.2, 0.25) is 0 Å². The number of hydrogen-bond acceptors (Lipinski definition) is 2. The van der Waals surface area contributed by atoms with Crippen molar-refractivity contribution < 1.29 is 22.7 Å². The molecule has 1 aromatic carbocycles. The first-order valence-corrected chi connectivity index (χ1v) is 4.31. The topological polar surface area (TPSA) is 29.5 Å². The van der Waals surface area contributed by atoms with E-state index in [1.165, 1.54) is 0 Å². The van der Waals surface area contributed by atoms with Gasteiger partial charge in [-0.05, 0) is 6.92 Å². The van der Waals surface area contributed by atoms with Crippen LogP contribution >= 0.6 is 0 Å². The molecule has 87 valence electrons. The van der Waals surface area contributed by atoms with Crippen molar-refractivity contribution in [1.82, 2.24) is 0 Å². The second-order valence-electron chi connectivity index (χ2n) is 2.89. The molecule has 0 spiro atoms. The highest BCUT2D eigenvalue weighted by atomic mass is 19.1. The van der Waals surface area contributed by atoms with Gasteiger partial charge in [0.15, 0.2) is 11.6 Å².